The molecule has 0 atom stereocenters. The van der Waals surface area contributed by atoms with Gasteiger partial charge < -0.3 is 11.1 Å². The maximum absolute atomic E-state index is 11.6. The average molecular weight is 207 g/mol. The molecule has 1 aliphatic rings. The maximum atomic E-state index is 11.6. The van der Waals surface area contributed by atoms with Gasteiger partial charge >= 0.3 is 0 Å². The molecule has 0 amide bonds. The Balaban J connectivity index is 2.47. The molecule has 0 radical (unpaired) electrons. The van der Waals surface area contributed by atoms with Crippen molar-refractivity contribution < 1.29 is 8.42 Å². The molecule has 0 aromatic carbocycles. The van der Waals surface area contributed by atoms with Crippen LogP contribution in [0.1, 0.15) is 6.42 Å². The fourth-order valence-electron chi connectivity index (χ4n) is 1.32. The largest absolute Gasteiger partial charge is 0.330 e. The molecule has 0 aliphatic carbocycles. The monoisotopic (exact) mass is 207 g/mol. The van der Waals surface area contributed by atoms with Crippen LogP contribution in [0.3, 0.4) is 0 Å². The lowest BCUT2D eigenvalue weighted by molar-refractivity contribution is 0.360. The summed E-state index contributed by atoms with van der Waals surface area (Å²) in [6, 6.07) is 0. The van der Waals surface area contributed by atoms with Crippen LogP contribution in [0.25, 0.3) is 0 Å². The lowest BCUT2D eigenvalue weighted by Crippen LogP contribution is -2.47. The molecular weight excluding hydrogens is 190 g/mol. The Labute approximate surface area is 79.3 Å². The van der Waals surface area contributed by atoms with Crippen LogP contribution in [-0.2, 0) is 10.0 Å². The van der Waals surface area contributed by atoms with Crippen LogP contribution < -0.4 is 11.1 Å². The lowest BCUT2D eigenvalue weighted by Gasteiger charge is -2.26. The molecule has 5 nitrogen and oxygen atoms in total. The zero-order valence-electron chi connectivity index (χ0n) is 7.70. The number of nitrogens with two attached hydrogens (primary N) is 1. The minimum Gasteiger partial charge on any atom is -0.330 e. The summed E-state index contributed by atoms with van der Waals surface area (Å²) >= 11 is 0. The van der Waals surface area contributed by atoms with Crippen molar-refractivity contribution in [3.63, 3.8) is 0 Å². The van der Waals surface area contributed by atoms with E-state index in [1.165, 1.54) is 0 Å². The van der Waals surface area contributed by atoms with Gasteiger partial charge in [0.2, 0.25) is 10.0 Å². The fraction of sp³-hybridized carbons (Fsp3) is 1.00. The van der Waals surface area contributed by atoms with Crippen LogP contribution in [-0.4, -0.2) is 51.2 Å². The summed E-state index contributed by atoms with van der Waals surface area (Å²) in [4.78, 5) is 0. The van der Waals surface area contributed by atoms with Gasteiger partial charge in [-0.05, 0) is 13.0 Å². The van der Waals surface area contributed by atoms with Gasteiger partial charge in [-0.1, -0.05) is 0 Å². The van der Waals surface area contributed by atoms with Crippen LogP contribution in [0.4, 0.5) is 0 Å². The van der Waals surface area contributed by atoms with E-state index >= 15 is 0 Å². The molecule has 1 fully saturated rings. The summed E-state index contributed by atoms with van der Waals surface area (Å²) in [5.74, 6) is 0.184. The van der Waals surface area contributed by atoms with E-state index in [0.29, 0.717) is 26.1 Å². The molecule has 78 valence electrons. The predicted molar refractivity (Wildman–Crippen MR) is 51.9 cm³/mol. The molecule has 0 aromatic heterocycles. The number of piperazine rings is 1. The first-order valence-electron chi connectivity index (χ1n) is 4.55. The quantitative estimate of drug-likeness (QED) is 0.592. The predicted octanol–water partition coefficient (Wildman–Crippen LogP) is -1.43. The Hall–Kier alpha value is -0.170. The number of sulfonamides is 1. The second-order valence-corrected chi connectivity index (χ2v) is 5.20. The van der Waals surface area contributed by atoms with Crippen LogP contribution >= 0.6 is 0 Å². The zero-order valence-corrected chi connectivity index (χ0v) is 8.52. The molecule has 3 N–H and O–H groups in total. The number of nitrogens with zero attached hydrogens (tertiary/aromatic N) is 1. The second kappa shape index (κ2) is 4.90. The van der Waals surface area contributed by atoms with Gasteiger partial charge in [0.25, 0.3) is 0 Å². The van der Waals surface area contributed by atoms with Crippen molar-refractivity contribution in [1.29, 1.82) is 0 Å². The van der Waals surface area contributed by atoms with Gasteiger partial charge in [-0.3, -0.25) is 0 Å². The first kappa shape index (κ1) is 10.9. The minimum atomic E-state index is -3.03. The summed E-state index contributed by atoms with van der Waals surface area (Å²) < 4.78 is 24.7. The minimum absolute atomic E-state index is 0.184. The third-order valence-corrected chi connectivity index (χ3v) is 4.03. The van der Waals surface area contributed by atoms with Gasteiger partial charge in [0.15, 0.2) is 0 Å². The van der Waals surface area contributed by atoms with Gasteiger partial charge in [0, 0.05) is 26.2 Å². The second-order valence-electron chi connectivity index (χ2n) is 3.11. The van der Waals surface area contributed by atoms with E-state index < -0.39 is 10.0 Å². The zero-order chi connectivity index (χ0) is 9.73. The van der Waals surface area contributed by atoms with E-state index in [1.54, 1.807) is 4.31 Å². The van der Waals surface area contributed by atoms with Crippen LogP contribution in [0.15, 0.2) is 0 Å². The van der Waals surface area contributed by atoms with Crippen molar-refractivity contribution in [2.45, 2.75) is 6.42 Å². The van der Waals surface area contributed by atoms with E-state index in [-0.39, 0.29) is 5.75 Å². The van der Waals surface area contributed by atoms with E-state index in [0.717, 1.165) is 13.1 Å². The van der Waals surface area contributed by atoms with Crippen molar-refractivity contribution in [2.24, 2.45) is 5.73 Å². The van der Waals surface area contributed by atoms with E-state index in [1.807, 2.05) is 0 Å². The van der Waals surface area contributed by atoms with E-state index in [9.17, 15) is 8.42 Å². The lowest BCUT2D eigenvalue weighted by atomic mass is 10.4. The molecule has 1 saturated heterocycles. The first-order valence-corrected chi connectivity index (χ1v) is 6.16. The smallest absolute Gasteiger partial charge is 0.214 e. The number of hydrogen-bond acceptors (Lipinski definition) is 4. The highest BCUT2D eigenvalue weighted by atomic mass is 32.2. The summed E-state index contributed by atoms with van der Waals surface area (Å²) in [6.07, 6.45) is 0.548. The van der Waals surface area contributed by atoms with Gasteiger partial charge in [0.05, 0.1) is 5.75 Å². The summed E-state index contributed by atoms with van der Waals surface area (Å²) in [5.41, 5.74) is 5.27. The van der Waals surface area contributed by atoms with Gasteiger partial charge in [-0.2, -0.15) is 4.31 Å². The van der Waals surface area contributed by atoms with Gasteiger partial charge in [-0.15, -0.1) is 0 Å². The SMILES string of the molecule is NCCCS(=O)(=O)N1CCNCC1. The molecule has 13 heavy (non-hydrogen) atoms. The topological polar surface area (TPSA) is 75.4 Å². The Morgan fingerprint density at radius 3 is 2.46 bits per heavy atom. The van der Waals surface area contributed by atoms with E-state index in [4.69, 9.17) is 5.73 Å². The number of rotatable bonds is 4. The van der Waals surface area contributed by atoms with Crippen LogP contribution in [0, 0.1) is 0 Å². The Morgan fingerprint density at radius 1 is 1.31 bits per heavy atom. The fourth-order valence-corrected chi connectivity index (χ4v) is 2.85. The average Bonchev–Trinajstić information content (AvgIpc) is 2.16. The van der Waals surface area contributed by atoms with Crippen LogP contribution in [0.2, 0.25) is 0 Å². The third-order valence-electron chi connectivity index (χ3n) is 2.08. The van der Waals surface area contributed by atoms with Crippen molar-refractivity contribution in [3.8, 4) is 0 Å². The third kappa shape index (κ3) is 3.22. The highest BCUT2D eigenvalue weighted by Crippen LogP contribution is 2.03. The number of nitrogens with one attached hydrogen (secondary N) is 1. The summed E-state index contributed by atoms with van der Waals surface area (Å²) in [6.45, 7) is 3.12. The maximum Gasteiger partial charge on any atom is 0.214 e. The van der Waals surface area contributed by atoms with Crippen molar-refractivity contribution in [3.05, 3.63) is 0 Å². The highest BCUT2D eigenvalue weighted by Gasteiger charge is 2.22. The van der Waals surface area contributed by atoms with Crippen molar-refractivity contribution >= 4 is 10.0 Å². The molecule has 1 rings (SSSR count). The Bertz CT molecular complexity index is 234. The molecule has 1 heterocycles. The van der Waals surface area contributed by atoms with Gasteiger partial charge in [-0.25, -0.2) is 8.42 Å². The molecule has 1 aliphatic heterocycles. The molecule has 0 saturated carbocycles. The molecule has 0 bridgehead atoms. The first-order chi connectivity index (χ1) is 6.17. The van der Waals surface area contributed by atoms with E-state index in [2.05, 4.69) is 5.32 Å². The molecule has 6 heteroatoms. The van der Waals surface area contributed by atoms with Crippen molar-refractivity contribution in [2.75, 3.05) is 38.5 Å². The van der Waals surface area contributed by atoms with Crippen molar-refractivity contribution in [1.82, 2.24) is 9.62 Å². The number of hydrogen-bond donors (Lipinski definition) is 2. The molecule has 0 aromatic rings. The van der Waals surface area contributed by atoms with Crippen LogP contribution in [0.5, 0.6) is 0 Å². The Morgan fingerprint density at radius 2 is 1.92 bits per heavy atom. The highest BCUT2D eigenvalue weighted by molar-refractivity contribution is 7.89. The molecule has 0 spiro atoms. The van der Waals surface area contributed by atoms with Gasteiger partial charge in [0.1, 0.15) is 0 Å². The summed E-state index contributed by atoms with van der Waals surface area (Å²) in [7, 11) is -3.03. The molecular formula is C7H17N3O2S. The Kier molecular flexibility index (Phi) is 4.11. The summed E-state index contributed by atoms with van der Waals surface area (Å²) in [5, 5.41) is 3.11. The standard InChI is InChI=1S/C7H17N3O2S/c8-2-1-7-13(11,12)10-5-3-9-4-6-10/h9H,1-8H2. The normalized spacial score (nSPS) is 20.4. The molecule has 0 unspecified atom stereocenters.